The molecule has 0 saturated carbocycles. The Kier molecular flexibility index (Phi) is 6.00. The van der Waals surface area contributed by atoms with Gasteiger partial charge in [0.25, 0.3) is 0 Å². The van der Waals surface area contributed by atoms with E-state index in [9.17, 15) is 14.7 Å². The Bertz CT molecular complexity index is 666. The number of rotatable bonds is 5. The number of aryl methyl sites for hydroxylation is 1. The van der Waals surface area contributed by atoms with Crippen LogP contribution < -0.4 is 9.47 Å². The molecule has 1 saturated heterocycles. The van der Waals surface area contributed by atoms with Gasteiger partial charge in [0.2, 0.25) is 0 Å². The topological polar surface area (TPSA) is 85.3 Å². The fourth-order valence-corrected chi connectivity index (χ4v) is 2.85. The fraction of sp³-hybridized carbons (Fsp3) is 0.579. The van der Waals surface area contributed by atoms with Crippen molar-refractivity contribution in [1.29, 1.82) is 0 Å². The molecule has 0 aromatic heterocycles. The normalized spacial score (nSPS) is 20.0. The molecule has 0 aliphatic carbocycles. The number of hydrogen-bond acceptors (Lipinski definition) is 5. The molecule has 2 unspecified atom stereocenters. The standard InChI is InChI=1S/C19H27NO6/c1-6-12-7-8-15(16(9-12)24-5)25-13-10-14(17(21)22)20(11-13)18(23)26-19(2,3)4/h7-9,13-14H,6,10-11H2,1-5H3,(H,21,22). The quantitative estimate of drug-likeness (QED) is 0.863. The van der Waals surface area contributed by atoms with E-state index in [1.54, 1.807) is 27.9 Å². The maximum Gasteiger partial charge on any atom is 0.411 e. The summed E-state index contributed by atoms with van der Waals surface area (Å²) in [5.74, 6) is 0.0482. The predicted molar refractivity (Wildman–Crippen MR) is 95.8 cm³/mol. The van der Waals surface area contributed by atoms with Crippen LogP contribution in [0.2, 0.25) is 0 Å². The maximum absolute atomic E-state index is 12.3. The van der Waals surface area contributed by atoms with Gasteiger partial charge in [0.05, 0.1) is 13.7 Å². The average Bonchev–Trinajstić information content (AvgIpc) is 2.98. The summed E-state index contributed by atoms with van der Waals surface area (Å²) in [6, 6.07) is 4.66. The van der Waals surface area contributed by atoms with Gasteiger partial charge in [-0.1, -0.05) is 13.0 Å². The second-order valence-corrected chi connectivity index (χ2v) is 7.30. The van der Waals surface area contributed by atoms with Gasteiger partial charge in [-0.2, -0.15) is 0 Å². The number of benzene rings is 1. The lowest BCUT2D eigenvalue weighted by Crippen LogP contribution is -2.43. The van der Waals surface area contributed by atoms with Gasteiger partial charge in [-0.05, 0) is 44.9 Å². The lowest BCUT2D eigenvalue weighted by molar-refractivity contribution is -0.142. The van der Waals surface area contributed by atoms with E-state index in [0.29, 0.717) is 11.5 Å². The van der Waals surface area contributed by atoms with Crippen molar-refractivity contribution in [2.75, 3.05) is 13.7 Å². The van der Waals surface area contributed by atoms with Crippen LogP contribution in [0.1, 0.15) is 39.7 Å². The van der Waals surface area contributed by atoms with Gasteiger partial charge in [-0.3, -0.25) is 4.90 Å². The number of nitrogens with zero attached hydrogens (tertiary/aromatic N) is 1. The second-order valence-electron chi connectivity index (χ2n) is 7.30. The average molecular weight is 365 g/mol. The van der Waals surface area contributed by atoms with E-state index in [4.69, 9.17) is 14.2 Å². The highest BCUT2D eigenvalue weighted by molar-refractivity contribution is 5.81. The van der Waals surface area contributed by atoms with E-state index in [2.05, 4.69) is 0 Å². The van der Waals surface area contributed by atoms with E-state index in [1.165, 1.54) is 4.90 Å². The molecule has 1 N–H and O–H groups in total. The van der Waals surface area contributed by atoms with Gasteiger partial charge in [0, 0.05) is 6.42 Å². The summed E-state index contributed by atoms with van der Waals surface area (Å²) in [5, 5.41) is 9.45. The lowest BCUT2D eigenvalue weighted by Gasteiger charge is -2.26. The number of amides is 1. The van der Waals surface area contributed by atoms with Crippen molar-refractivity contribution in [3.8, 4) is 11.5 Å². The molecule has 144 valence electrons. The highest BCUT2D eigenvalue weighted by atomic mass is 16.6. The maximum atomic E-state index is 12.3. The smallest absolute Gasteiger partial charge is 0.411 e. The van der Waals surface area contributed by atoms with Crippen molar-refractivity contribution in [3.63, 3.8) is 0 Å². The van der Waals surface area contributed by atoms with E-state index in [0.717, 1.165) is 12.0 Å². The van der Waals surface area contributed by atoms with Gasteiger partial charge < -0.3 is 19.3 Å². The minimum absolute atomic E-state index is 0.143. The van der Waals surface area contributed by atoms with Gasteiger partial charge in [-0.15, -0.1) is 0 Å². The van der Waals surface area contributed by atoms with Gasteiger partial charge >= 0.3 is 12.1 Å². The molecule has 2 rings (SSSR count). The third-order valence-corrected chi connectivity index (χ3v) is 4.11. The molecule has 7 nitrogen and oxygen atoms in total. The van der Waals surface area contributed by atoms with Crippen molar-refractivity contribution in [3.05, 3.63) is 23.8 Å². The SMILES string of the molecule is CCc1ccc(OC2CC(C(=O)O)N(C(=O)OC(C)(C)C)C2)c(OC)c1. The van der Waals surface area contributed by atoms with Gasteiger partial charge in [0.1, 0.15) is 17.7 Å². The third kappa shape index (κ3) is 4.80. The molecule has 2 atom stereocenters. The zero-order valence-electron chi connectivity index (χ0n) is 15.9. The zero-order valence-corrected chi connectivity index (χ0v) is 15.9. The Morgan fingerprint density at radius 3 is 2.50 bits per heavy atom. The van der Waals surface area contributed by atoms with Crippen LogP contribution in [-0.4, -0.2) is 53.5 Å². The first-order chi connectivity index (χ1) is 12.1. The minimum atomic E-state index is -1.07. The van der Waals surface area contributed by atoms with E-state index in [-0.39, 0.29) is 13.0 Å². The Morgan fingerprint density at radius 1 is 1.27 bits per heavy atom. The number of methoxy groups -OCH3 is 1. The summed E-state index contributed by atoms with van der Waals surface area (Å²) in [7, 11) is 1.56. The Morgan fingerprint density at radius 2 is 1.96 bits per heavy atom. The highest BCUT2D eigenvalue weighted by Gasteiger charge is 2.42. The summed E-state index contributed by atoms with van der Waals surface area (Å²) < 4.78 is 16.6. The number of aliphatic carboxylic acids is 1. The summed E-state index contributed by atoms with van der Waals surface area (Å²) in [6.07, 6.45) is -0.0461. The molecule has 7 heteroatoms. The van der Waals surface area contributed by atoms with Crippen LogP contribution >= 0.6 is 0 Å². The molecule has 1 aliphatic heterocycles. The van der Waals surface area contributed by atoms with E-state index < -0.39 is 29.8 Å². The van der Waals surface area contributed by atoms with Crippen LogP contribution in [0, 0.1) is 0 Å². The number of carbonyl (C=O) groups is 2. The number of hydrogen-bond donors (Lipinski definition) is 1. The van der Waals surface area contributed by atoms with Gasteiger partial charge in [-0.25, -0.2) is 9.59 Å². The molecular formula is C19H27NO6. The molecule has 1 fully saturated rings. The molecule has 1 amide bonds. The molecule has 0 spiro atoms. The fourth-order valence-electron chi connectivity index (χ4n) is 2.85. The van der Waals surface area contributed by atoms with Crippen LogP contribution in [0.25, 0.3) is 0 Å². The van der Waals surface area contributed by atoms with Crippen LogP contribution in [0.3, 0.4) is 0 Å². The first-order valence-electron chi connectivity index (χ1n) is 8.70. The van der Waals surface area contributed by atoms with Crippen molar-refractivity contribution in [1.82, 2.24) is 4.90 Å². The van der Waals surface area contributed by atoms with Crippen LogP contribution in [0.4, 0.5) is 4.79 Å². The molecule has 0 bridgehead atoms. The number of likely N-dealkylation sites (tertiary alicyclic amines) is 1. The molecular weight excluding hydrogens is 338 g/mol. The largest absolute Gasteiger partial charge is 0.493 e. The molecule has 1 heterocycles. The van der Waals surface area contributed by atoms with Crippen LogP contribution in [0.15, 0.2) is 18.2 Å². The molecule has 1 aromatic rings. The summed E-state index contributed by atoms with van der Waals surface area (Å²) in [4.78, 5) is 25.1. The third-order valence-electron chi connectivity index (χ3n) is 4.11. The number of carbonyl (C=O) groups excluding carboxylic acids is 1. The second kappa shape index (κ2) is 7.85. The Balaban J connectivity index is 2.15. The molecule has 26 heavy (non-hydrogen) atoms. The van der Waals surface area contributed by atoms with Crippen LogP contribution in [-0.2, 0) is 16.0 Å². The summed E-state index contributed by atoms with van der Waals surface area (Å²) in [6.45, 7) is 7.41. The first-order valence-corrected chi connectivity index (χ1v) is 8.70. The minimum Gasteiger partial charge on any atom is -0.493 e. The monoisotopic (exact) mass is 365 g/mol. The first kappa shape index (κ1) is 19.9. The predicted octanol–water partition coefficient (Wildman–Crippen LogP) is 3.10. The molecule has 1 aliphatic rings. The van der Waals surface area contributed by atoms with Crippen molar-refractivity contribution < 1.29 is 28.9 Å². The number of carboxylic acids is 1. The summed E-state index contributed by atoms with van der Waals surface area (Å²) in [5.41, 5.74) is 0.414. The van der Waals surface area contributed by atoms with Crippen molar-refractivity contribution in [2.45, 2.75) is 58.3 Å². The van der Waals surface area contributed by atoms with Crippen molar-refractivity contribution >= 4 is 12.1 Å². The number of ether oxygens (including phenoxy) is 3. The Hall–Kier alpha value is -2.44. The molecule has 0 radical (unpaired) electrons. The van der Waals surface area contributed by atoms with E-state index in [1.807, 2.05) is 25.1 Å². The van der Waals surface area contributed by atoms with Crippen LogP contribution in [0.5, 0.6) is 11.5 Å². The highest BCUT2D eigenvalue weighted by Crippen LogP contribution is 2.32. The summed E-state index contributed by atoms with van der Waals surface area (Å²) >= 11 is 0. The zero-order chi connectivity index (χ0) is 19.5. The number of carboxylic acid groups (broad SMARTS) is 1. The molecule has 1 aromatic carbocycles. The van der Waals surface area contributed by atoms with E-state index >= 15 is 0 Å². The Labute approximate surface area is 153 Å². The lowest BCUT2D eigenvalue weighted by atomic mass is 10.1. The van der Waals surface area contributed by atoms with Gasteiger partial charge in [0.15, 0.2) is 11.5 Å². The van der Waals surface area contributed by atoms with Crippen molar-refractivity contribution in [2.24, 2.45) is 0 Å².